The van der Waals surface area contributed by atoms with Crippen molar-refractivity contribution in [2.75, 3.05) is 19.2 Å². The average molecular weight is 193 g/mol. The lowest BCUT2D eigenvalue weighted by Crippen LogP contribution is -2.01. The number of benzene rings is 1. The van der Waals surface area contributed by atoms with Crippen LogP contribution >= 0.6 is 0 Å². The van der Waals surface area contributed by atoms with Crippen LogP contribution in [-0.2, 0) is 9.47 Å². The minimum absolute atomic E-state index is 0.261. The number of hydrogen-bond donors (Lipinski definition) is 1. The van der Waals surface area contributed by atoms with Crippen LogP contribution in [0.15, 0.2) is 36.4 Å². The third-order valence-corrected chi connectivity index (χ3v) is 1.84. The Balaban J connectivity index is 2.15. The Bertz CT molecular complexity index is 349. The molecule has 4 nitrogen and oxygen atoms in total. The Labute approximate surface area is 82.1 Å². The number of ether oxygens (including phenoxy) is 3. The molecule has 74 valence electrons. The van der Waals surface area contributed by atoms with Crippen LogP contribution in [0.25, 0.3) is 0 Å². The summed E-state index contributed by atoms with van der Waals surface area (Å²) in [4.78, 5) is 0. The van der Waals surface area contributed by atoms with Crippen LogP contribution in [0.2, 0.25) is 0 Å². The quantitative estimate of drug-likeness (QED) is 0.796. The molecule has 2 rings (SSSR count). The molecule has 1 N–H and O–H groups in total. The maximum absolute atomic E-state index is 5.17. The first-order valence-corrected chi connectivity index (χ1v) is 4.25. The van der Waals surface area contributed by atoms with Gasteiger partial charge in [-0.2, -0.15) is 0 Å². The van der Waals surface area contributed by atoms with Crippen molar-refractivity contribution in [1.82, 2.24) is 0 Å². The molecule has 0 aromatic heterocycles. The molecule has 0 unspecified atom stereocenters. The van der Waals surface area contributed by atoms with Crippen molar-refractivity contribution >= 4 is 5.69 Å². The summed E-state index contributed by atoms with van der Waals surface area (Å²) in [7, 11) is 1.63. The van der Waals surface area contributed by atoms with Crippen molar-refractivity contribution in [2.24, 2.45) is 0 Å². The number of nitrogens with one attached hydrogen (secondary N) is 1. The summed E-state index contributed by atoms with van der Waals surface area (Å²) in [6.07, 6.45) is 1.53. The van der Waals surface area contributed by atoms with Gasteiger partial charge >= 0.3 is 0 Å². The molecule has 1 aromatic carbocycles. The van der Waals surface area contributed by atoms with Crippen LogP contribution in [0.1, 0.15) is 0 Å². The molecule has 0 aliphatic carbocycles. The van der Waals surface area contributed by atoms with Gasteiger partial charge in [-0.15, -0.1) is 0 Å². The monoisotopic (exact) mass is 193 g/mol. The highest BCUT2D eigenvalue weighted by atomic mass is 16.7. The molecule has 1 heterocycles. The number of methoxy groups -OCH3 is 1. The molecule has 4 heteroatoms. The van der Waals surface area contributed by atoms with Gasteiger partial charge in [0.1, 0.15) is 12.0 Å². The molecule has 14 heavy (non-hydrogen) atoms. The van der Waals surface area contributed by atoms with E-state index in [4.69, 9.17) is 14.2 Å². The van der Waals surface area contributed by atoms with Gasteiger partial charge in [-0.3, -0.25) is 0 Å². The van der Waals surface area contributed by atoms with E-state index < -0.39 is 0 Å². The van der Waals surface area contributed by atoms with Gasteiger partial charge in [-0.25, -0.2) is 0 Å². The van der Waals surface area contributed by atoms with E-state index in [0.29, 0.717) is 5.88 Å². The highest BCUT2D eigenvalue weighted by Crippen LogP contribution is 2.25. The van der Waals surface area contributed by atoms with Crippen LogP contribution in [-0.4, -0.2) is 13.9 Å². The normalized spacial score (nSPS) is 13.9. The fourth-order valence-corrected chi connectivity index (χ4v) is 1.19. The van der Waals surface area contributed by atoms with Crippen molar-refractivity contribution < 1.29 is 14.2 Å². The zero-order valence-electron chi connectivity index (χ0n) is 7.82. The van der Waals surface area contributed by atoms with Crippen molar-refractivity contribution in [3.63, 3.8) is 0 Å². The largest absolute Gasteiger partial charge is 0.495 e. The van der Waals surface area contributed by atoms with E-state index in [0.717, 1.165) is 11.4 Å². The fourth-order valence-electron chi connectivity index (χ4n) is 1.19. The second kappa shape index (κ2) is 3.91. The molecule has 0 saturated carbocycles. The molecule has 1 aromatic rings. The molecule has 0 saturated heterocycles. The van der Waals surface area contributed by atoms with Gasteiger partial charge in [0.25, 0.3) is 0 Å². The van der Waals surface area contributed by atoms with E-state index in [1.165, 1.54) is 6.26 Å². The van der Waals surface area contributed by atoms with E-state index >= 15 is 0 Å². The molecule has 0 bridgehead atoms. The lowest BCUT2D eigenvalue weighted by atomic mass is 10.3. The first-order chi connectivity index (χ1) is 6.90. The molecule has 1 aliphatic rings. The Morgan fingerprint density at radius 1 is 1.36 bits per heavy atom. The molecular weight excluding hydrogens is 182 g/mol. The van der Waals surface area contributed by atoms with Crippen LogP contribution in [0.4, 0.5) is 5.69 Å². The molecule has 0 fully saturated rings. The summed E-state index contributed by atoms with van der Waals surface area (Å²) in [5, 5.41) is 3.05. The summed E-state index contributed by atoms with van der Waals surface area (Å²) in [5.41, 5.74) is 0.853. The van der Waals surface area contributed by atoms with Crippen LogP contribution in [0.3, 0.4) is 0 Å². The van der Waals surface area contributed by atoms with Crippen LogP contribution in [0, 0.1) is 0 Å². The Hall–Kier alpha value is -1.84. The maximum atomic E-state index is 5.17. The first kappa shape index (κ1) is 8.74. The standard InChI is InChI=1S/C10H11NO3/c1-12-9-5-3-2-4-8(9)11-10-6-13-7-14-10/h2-6,11H,7H2,1H3. The number of hydrogen-bond acceptors (Lipinski definition) is 4. The first-order valence-electron chi connectivity index (χ1n) is 4.25. The second-order valence-corrected chi connectivity index (χ2v) is 2.74. The van der Waals surface area contributed by atoms with Crippen molar-refractivity contribution in [3.8, 4) is 5.75 Å². The number of para-hydroxylation sites is 2. The van der Waals surface area contributed by atoms with Gasteiger partial charge in [-0.1, -0.05) is 12.1 Å². The van der Waals surface area contributed by atoms with E-state index in [9.17, 15) is 0 Å². The minimum atomic E-state index is 0.261. The molecule has 0 spiro atoms. The number of rotatable bonds is 3. The van der Waals surface area contributed by atoms with E-state index in [-0.39, 0.29) is 6.79 Å². The highest BCUT2D eigenvalue weighted by Gasteiger charge is 2.08. The fraction of sp³-hybridized carbons (Fsp3) is 0.200. The average Bonchev–Trinajstić information content (AvgIpc) is 2.71. The predicted molar refractivity (Wildman–Crippen MR) is 51.7 cm³/mol. The maximum Gasteiger partial charge on any atom is 0.232 e. The molecule has 0 amide bonds. The lowest BCUT2D eigenvalue weighted by Gasteiger charge is -2.09. The third kappa shape index (κ3) is 1.74. The van der Waals surface area contributed by atoms with Gasteiger partial charge < -0.3 is 19.5 Å². The molecule has 0 radical (unpaired) electrons. The molecular formula is C10H11NO3. The summed E-state index contributed by atoms with van der Waals surface area (Å²) in [6, 6.07) is 7.60. The Morgan fingerprint density at radius 3 is 2.93 bits per heavy atom. The van der Waals surface area contributed by atoms with Crippen LogP contribution in [0.5, 0.6) is 5.75 Å². The van der Waals surface area contributed by atoms with Crippen molar-refractivity contribution in [2.45, 2.75) is 0 Å². The number of anilines is 1. The summed E-state index contributed by atoms with van der Waals surface area (Å²) >= 11 is 0. The van der Waals surface area contributed by atoms with Crippen molar-refractivity contribution in [1.29, 1.82) is 0 Å². The third-order valence-electron chi connectivity index (χ3n) is 1.84. The summed E-state index contributed by atoms with van der Waals surface area (Å²) in [6.45, 7) is 0.261. The van der Waals surface area contributed by atoms with E-state index in [2.05, 4.69) is 5.32 Å². The predicted octanol–water partition coefficient (Wildman–Crippen LogP) is 1.91. The van der Waals surface area contributed by atoms with E-state index in [1.807, 2.05) is 24.3 Å². The van der Waals surface area contributed by atoms with Gasteiger partial charge in [0.15, 0.2) is 0 Å². The summed E-state index contributed by atoms with van der Waals surface area (Å²) < 4.78 is 15.2. The van der Waals surface area contributed by atoms with Crippen LogP contribution < -0.4 is 10.1 Å². The molecule has 1 aliphatic heterocycles. The Morgan fingerprint density at radius 2 is 2.21 bits per heavy atom. The second-order valence-electron chi connectivity index (χ2n) is 2.74. The minimum Gasteiger partial charge on any atom is -0.495 e. The smallest absolute Gasteiger partial charge is 0.232 e. The van der Waals surface area contributed by atoms with Gasteiger partial charge in [-0.05, 0) is 12.1 Å². The lowest BCUT2D eigenvalue weighted by molar-refractivity contribution is 0.0823. The van der Waals surface area contributed by atoms with Gasteiger partial charge in [0.05, 0.1) is 12.8 Å². The van der Waals surface area contributed by atoms with Gasteiger partial charge in [0.2, 0.25) is 12.7 Å². The SMILES string of the molecule is COc1ccccc1NC1=COCO1. The Kier molecular flexibility index (Phi) is 2.44. The van der Waals surface area contributed by atoms with Gasteiger partial charge in [0, 0.05) is 0 Å². The highest BCUT2D eigenvalue weighted by molar-refractivity contribution is 5.58. The van der Waals surface area contributed by atoms with Crippen molar-refractivity contribution in [3.05, 3.63) is 36.4 Å². The zero-order valence-corrected chi connectivity index (χ0v) is 7.82. The molecule has 0 atom stereocenters. The van der Waals surface area contributed by atoms with E-state index in [1.54, 1.807) is 7.11 Å². The zero-order chi connectivity index (χ0) is 9.80. The summed E-state index contributed by atoms with van der Waals surface area (Å²) in [5.74, 6) is 1.36. The topological polar surface area (TPSA) is 39.7 Å².